The van der Waals surface area contributed by atoms with Crippen molar-refractivity contribution in [1.82, 2.24) is 19.8 Å². The van der Waals surface area contributed by atoms with E-state index in [2.05, 4.69) is 32.8 Å². The van der Waals surface area contributed by atoms with Gasteiger partial charge in [0.2, 0.25) is 4.96 Å². The molecule has 0 spiro atoms. The highest BCUT2D eigenvalue weighted by molar-refractivity contribution is 7.17. The van der Waals surface area contributed by atoms with E-state index in [0.29, 0.717) is 0 Å². The number of aryl methyl sites for hydroxylation is 1. The van der Waals surface area contributed by atoms with Gasteiger partial charge in [-0.25, -0.2) is 0 Å². The van der Waals surface area contributed by atoms with E-state index in [9.17, 15) is 0 Å². The Morgan fingerprint density at radius 3 is 3.00 bits per heavy atom. The lowest BCUT2D eigenvalue weighted by molar-refractivity contribution is 0.890. The fourth-order valence-corrected chi connectivity index (χ4v) is 2.74. The molecule has 0 aliphatic carbocycles. The molecule has 80 valence electrons. The van der Waals surface area contributed by atoms with Crippen molar-refractivity contribution < 1.29 is 0 Å². The molecule has 16 heavy (non-hydrogen) atoms. The molecule has 0 N–H and O–H groups in total. The summed E-state index contributed by atoms with van der Waals surface area (Å²) in [5.74, 6) is 0.821. The molecule has 4 nitrogen and oxygen atoms in total. The number of hydrogen-bond donors (Lipinski definition) is 0. The Bertz CT molecular complexity index is 633. The number of rotatable bonds is 2. The average Bonchev–Trinajstić information content (AvgIpc) is 2.95. The summed E-state index contributed by atoms with van der Waals surface area (Å²) in [4.78, 5) is 2.06. The maximum absolute atomic E-state index is 4.40. The maximum Gasteiger partial charge on any atom is 0.234 e. The molecular weight excluding hydrogens is 240 g/mol. The Morgan fingerprint density at radius 1 is 1.31 bits per heavy atom. The summed E-state index contributed by atoms with van der Waals surface area (Å²) < 4.78 is 1.76. The van der Waals surface area contributed by atoms with Crippen LogP contribution in [0.3, 0.4) is 0 Å². The highest BCUT2D eigenvalue weighted by Crippen LogP contribution is 2.17. The zero-order valence-electron chi connectivity index (χ0n) is 8.49. The first-order valence-corrected chi connectivity index (χ1v) is 6.43. The van der Waals surface area contributed by atoms with Gasteiger partial charge in [-0.1, -0.05) is 17.4 Å². The molecule has 0 aliphatic rings. The van der Waals surface area contributed by atoms with Crippen LogP contribution in [0.25, 0.3) is 17.1 Å². The second-order valence-corrected chi connectivity index (χ2v) is 5.20. The molecule has 3 rings (SSSR count). The third-order valence-electron chi connectivity index (χ3n) is 2.10. The van der Waals surface area contributed by atoms with Crippen molar-refractivity contribution in [2.24, 2.45) is 0 Å². The molecule has 3 aromatic heterocycles. The van der Waals surface area contributed by atoms with Crippen LogP contribution in [-0.4, -0.2) is 19.8 Å². The lowest BCUT2D eigenvalue weighted by Gasteiger charge is -1.83. The molecule has 0 saturated heterocycles. The Hall–Kier alpha value is -1.53. The van der Waals surface area contributed by atoms with Gasteiger partial charge in [-0.15, -0.1) is 21.5 Å². The van der Waals surface area contributed by atoms with E-state index < -0.39 is 0 Å². The summed E-state index contributed by atoms with van der Waals surface area (Å²) in [7, 11) is 0. The zero-order valence-corrected chi connectivity index (χ0v) is 10.1. The summed E-state index contributed by atoms with van der Waals surface area (Å²) in [5.41, 5.74) is 0. The van der Waals surface area contributed by atoms with Crippen molar-refractivity contribution in [3.63, 3.8) is 0 Å². The van der Waals surface area contributed by atoms with E-state index in [1.807, 2.05) is 19.1 Å². The van der Waals surface area contributed by atoms with Gasteiger partial charge in [0.05, 0.1) is 0 Å². The SMILES string of the molecule is Cc1nnc2sc(/C=C/c3cccs3)nn12. The van der Waals surface area contributed by atoms with Gasteiger partial charge in [0.25, 0.3) is 0 Å². The summed E-state index contributed by atoms with van der Waals surface area (Å²) in [5, 5.41) is 15.4. The van der Waals surface area contributed by atoms with Crippen LogP contribution >= 0.6 is 22.7 Å². The number of fused-ring (bicyclic) bond motifs is 1. The molecule has 0 saturated carbocycles. The minimum absolute atomic E-state index is 0.821. The van der Waals surface area contributed by atoms with E-state index in [1.54, 1.807) is 15.9 Å². The maximum atomic E-state index is 4.40. The quantitative estimate of drug-likeness (QED) is 0.700. The highest BCUT2D eigenvalue weighted by atomic mass is 32.1. The van der Waals surface area contributed by atoms with Crippen LogP contribution in [0, 0.1) is 6.92 Å². The second-order valence-electron chi connectivity index (χ2n) is 3.23. The fraction of sp³-hybridized carbons (Fsp3) is 0.100. The number of nitrogens with zero attached hydrogens (tertiary/aromatic N) is 4. The van der Waals surface area contributed by atoms with E-state index in [4.69, 9.17) is 0 Å². The van der Waals surface area contributed by atoms with Crippen molar-refractivity contribution in [3.8, 4) is 0 Å². The Labute approximate surface area is 99.9 Å². The van der Waals surface area contributed by atoms with Gasteiger partial charge in [0.1, 0.15) is 5.01 Å². The smallest absolute Gasteiger partial charge is 0.187 e. The van der Waals surface area contributed by atoms with Gasteiger partial charge >= 0.3 is 0 Å². The molecule has 0 bridgehead atoms. The lowest BCUT2D eigenvalue weighted by atomic mass is 10.4. The standard InChI is InChI=1S/C10H8N4S2/c1-7-11-12-10-14(7)13-9(16-10)5-4-8-3-2-6-15-8/h2-6H,1H3/b5-4+. The number of thiophene rings is 1. The topological polar surface area (TPSA) is 43.1 Å². The van der Waals surface area contributed by atoms with E-state index in [0.717, 1.165) is 15.8 Å². The fourth-order valence-electron chi connectivity index (χ4n) is 1.34. The Balaban J connectivity index is 1.95. The van der Waals surface area contributed by atoms with Crippen LogP contribution in [0.15, 0.2) is 17.5 Å². The molecule has 3 heterocycles. The molecule has 0 fully saturated rings. The van der Waals surface area contributed by atoms with E-state index in [1.165, 1.54) is 16.2 Å². The van der Waals surface area contributed by atoms with Crippen LogP contribution in [0.1, 0.15) is 15.7 Å². The van der Waals surface area contributed by atoms with Gasteiger partial charge in [0, 0.05) is 4.88 Å². The molecule has 3 aromatic rings. The first kappa shape index (κ1) is 9.68. The minimum Gasteiger partial charge on any atom is -0.187 e. The average molecular weight is 248 g/mol. The molecule has 0 aliphatic heterocycles. The third-order valence-corrected chi connectivity index (χ3v) is 3.80. The highest BCUT2D eigenvalue weighted by Gasteiger charge is 2.05. The molecule has 0 amide bonds. The van der Waals surface area contributed by atoms with E-state index in [-0.39, 0.29) is 0 Å². The number of hydrogen-bond acceptors (Lipinski definition) is 5. The van der Waals surface area contributed by atoms with Crippen molar-refractivity contribution in [2.45, 2.75) is 6.92 Å². The van der Waals surface area contributed by atoms with Gasteiger partial charge in [-0.2, -0.15) is 9.61 Å². The third kappa shape index (κ3) is 1.66. The first-order chi connectivity index (χ1) is 7.83. The zero-order chi connectivity index (χ0) is 11.0. The lowest BCUT2D eigenvalue weighted by Crippen LogP contribution is -1.87. The summed E-state index contributed by atoms with van der Waals surface area (Å²) in [6, 6.07) is 4.11. The largest absolute Gasteiger partial charge is 0.234 e. The Kier molecular flexibility index (Phi) is 2.30. The van der Waals surface area contributed by atoms with Crippen LogP contribution in [0.5, 0.6) is 0 Å². The molecular formula is C10H8N4S2. The molecule has 0 radical (unpaired) electrons. The molecule has 6 heteroatoms. The summed E-state index contributed by atoms with van der Waals surface area (Å²) in [6.45, 7) is 1.90. The summed E-state index contributed by atoms with van der Waals surface area (Å²) in [6.07, 6.45) is 4.07. The Morgan fingerprint density at radius 2 is 2.25 bits per heavy atom. The van der Waals surface area contributed by atoms with Crippen molar-refractivity contribution in [3.05, 3.63) is 33.2 Å². The summed E-state index contributed by atoms with van der Waals surface area (Å²) >= 11 is 3.25. The number of aromatic nitrogens is 4. The van der Waals surface area contributed by atoms with Gasteiger partial charge in [-0.3, -0.25) is 0 Å². The van der Waals surface area contributed by atoms with Crippen LogP contribution in [-0.2, 0) is 0 Å². The van der Waals surface area contributed by atoms with Gasteiger partial charge in [0.15, 0.2) is 5.82 Å². The van der Waals surface area contributed by atoms with Crippen molar-refractivity contribution in [1.29, 1.82) is 0 Å². The normalized spacial score (nSPS) is 11.8. The minimum atomic E-state index is 0.821. The second kappa shape index (κ2) is 3.80. The molecule has 0 aromatic carbocycles. The molecule has 0 unspecified atom stereocenters. The van der Waals surface area contributed by atoms with Crippen LogP contribution < -0.4 is 0 Å². The van der Waals surface area contributed by atoms with Crippen LogP contribution in [0.2, 0.25) is 0 Å². The van der Waals surface area contributed by atoms with Gasteiger partial charge < -0.3 is 0 Å². The predicted molar refractivity (Wildman–Crippen MR) is 66.6 cm³/mol. The predicted octanol–water partition coefficient (Wildman–Crippen LogP) is 2.73. The van der Waals surface area contributed by atoms with Crippen molar-refractivity contribution >= 4 is 39.8 Å². The van der Waals surface area contributed by atoms with E-state index >= 15 is 0 Å². The first-order valence-electron chi connectivity index (χ1n) is 4.73. The van der Waals surface area contributed by atoms with Crippen molar-refractivity contribution in [2.75, 3.05) is 0 Å². The molecule has 0 atom stereocenters. The van der Waals surface area contributed by atoms with Crippen LogP contribution in [0.4, 0.5) is 0 Å². The monoisotopic (exact) mass is 248 g/mol. The van der Waals surface area contributed by atoms with Gasteiger partial charge in [-0.05, 0) is 30.5 Å².